The van der Waals surface area contributed by atoms with Gasteiger partial charge in [-0.1, -0.05) is 130 Å². The first-order valence-corrected chi connectivity index (χ1v) is 17.2. The maximum absolute atomic E-state index is 14.9. The summed E-state index contributed by atoms with van der Waals surface area (Å²) in [6.07, 6.45) is 7.05. The fraction of sp³-hybridized carbons (Fsp3) is 0.317. The van der Waals surface area contributed by atoms with Gasteiger partial charge in [0.1, 0.15) is 6.04 Å². The molecule has 48 heavy (non-hydrogen) atoms. The summed E-state index contributed by atoms with van der Waals surface area (Å²) in [5.74, 6) is -2.21. The zero-order valence-corrected chi connectivity index (χ0v) is 27.4. The number of amides is 3. The van der Waals surface area contributed by atoms with Gasteiger partial charge in [0.15, 0.2) is 5.78 Å². The maximum Gasteiger partial charge on any atom is 0.258 e. The highest BCUT2D eigenvalue weighted by atomic mass is 16.2. The number of anilines is 2. The largest absolute Gasteiger partial charge is 0.369 e. The lowest BCUT2D eigenvalue weighted by Gasteiger charge is -2.30. The Hall–Kier alpha value is -5.04. The van der Waals surface area contributed by atoms with Crippen molar-refractivity contribution in [2.45, 2.75) is 64.3 Å². The van der Waals surface area contributed by atoms with Crippen molar-refractivity contribution in [3.05, 3.63) is 120 Å². The number of carbonyl (C=O) groups is 4. The first kappa shape index (κ1) is 32.9. The summed E-state index contributed by atoms with van der Waals surface area (Å²) in [7, 11) is 0. The van der Waals surface area contributed by atoms with E-state index in [2.05, 4.69) is 12.2 Å². The molecule has 1 heterocycles. The van der Waals surface area contributed by atoms with E-state index in [0.29, 0.717) is 46.8 Å². The number of nitrogens with one attached hydrogen (secondary N) is 1. The van der Waals surface area contributed by atoms with Crippen LogP contribution in [0, 0.1) is 17.8 Å². The quantitative estimate of drug-likeness (QED) is 0.153. The second-order valence-corrected chi connectivity index (χ2v) is 13.1. The van der Waals surface area contributed by atoms with E-state index in [1.165, 1.54) is 0 Å². The van der Waals surface area contributed by atoms with Gasteiger partial charge in [0.2, 0.25) is 11.8 Å². The topological polar surface area (TPSA) is 110 Å². The number of fused-ring (bicyclic) bond motifs is 3. The summed E-state index contributed by atoms with van der Waals surface area (Å²) in [6.45, 7) is 2.06. The van der Waals surface area contributed by atoms with Crippen LogP contribution in [0.15, 0.2) is 103 Å². The fourth-order valence-electron chi connectivity index (χ4n) is 7.49. The number of carbonyl (C=O) groups excluding carboxylic acids is 4. The van der Waals surface area contributed by atoms with E-state index in [1.807, 2.05) is 72.8 Å². The fourth-order valence-corrected chi connectivity index (χ4v) is 7.49. The molecule has 4 aromatic carbocycles. The number of hydrogen-bond donors (Lipinski definition) is 2. The number of para-hydroxylation sites is 1. The van der Waals surface area contributed by atoms with Crippen molar-refractivity contribution >= 4 is 34.9 Å². The van der Waals surface area contributed by atoms with Gasteiger partial charge in [-0.2, -0.15) is 0 Å². The molecule has 1 fully saturated rings. The average Bonchev–Trinajstić information content (AvgIpc) is 3.61. The van der Waals surface area contributed by atoms with E-state index in [4.69, 9.17) is 5.73 Å². The molecule has 1 aliphatic carbocycles. The standard InChI is InChI=1S/C41H43N3O4/c1-2-3-20-34(39(42)46)35(25-27-14-7-8-15-27)40(47)43-37-33-23-10-9-21-31(33)32-22-11-12-24-36(32)44(41(37)48)30-19-13-18-29(26-30)38(45)28-16-5-4-6-17-28/h4-6,9-13,16-19,21-24,26-27,34-35,37H,2-3,7-8,14-15,20,25H2,1H3,(H2,42,46)(H,43,47)/t34-,35+,37?/m0/s1. The first-order valence-electron chi connectivity index (χ1n) is 17.2. The molecule has 1 saturated carbocycles. The number of primary amides is 1. The predicted octanol–water partition coefficient (Wildman–Crippen LogP) is 7.91. The molecule has 6 rings (SSSR count). The van der Waals surface area contributed by atoms with Crippen LogP contribution in [-0.2, 0) is 14.4 Å². The molecule has 0 spiro atoms. The highest BCUT2D eigenvalue weighted by Crippen LogP contribution is 2.44. The highest BCUT2D eigenvalue weighted by Gasteiger charge is 2.40. The molecule has 7 nitrogen and oxygen atoms in total. The molecule has 0 aromatic heterocycles. The van der Waals surface area contributed by atoms with Crippen LogP contribution in [0.4, 0.5) is 11.4 Å². The number of nitrogens with zero attached hydrogens (tertiary/aromatic N) is 1. The molecule has 3 atom stereocenters. The van der Waals surface area contributed by atoms with Gasteiger partial charge in [0, 0.05) is 34.2 Å². The molecule has 3 amide bonds. The second kappa shape index (κ2) is 14.8. The van der Waals surface area contributed by atoms with Crippen molar-refractivity contribution < 1.29 is 19.2 Å². The van der Waals surface area contributed by atoms with Gasteiger partial charge in [-0.3, -0.25) is 24.1 Å². The molecule has 4 aromatic rings. The van der Waals surface area contributed by atoms with Gasteiger partial charge >= 0.3 is 0 Å². The number of ketones is 1. The number of rotatable bonds is 12. The Kier molecular flexibility index (Phi) is 10.1. The van der Waals surface area contributed by atoms with Crippen LogP contribution in [0.5, 0.6) is 0 Å². The molecule has 1 aliphatic heterocycles. The van der Waals surface area contributed by atoms with Crippen molar-refractivity contribution in [1.82, 2.24) is 5.32 Å². The van der Waals surface area contributed by atoms with Gasteiger partial charge in [0.25, 0.3) is 5.91 Å². The Labute approximate surface area is 282 Å². The van der Waals surface area contributed by atoms with Crippen LogP contribution in [0.1, 0.15) is 85.8 Å². The van der Waals surface area contributed by atoms with Gasteiger partial charge in [-0.25, -0.2) is 0 Å². The minimum absolute atomic E-state index is 0.152. The first-order chi connectivity index (χ1) is 23.4. The minimum atomic E-state index is -1.04. The lowest BCUT2D eigenvalue weighted by Crippen LogP contribution is -2.46. The van der Waals surface area contributed by atoms with Crippen molar-refractivity contribution in [3.8, 4) is 11.1 Å². The van der Waals surface area contributed by atoms with E-state index >= 15 is 0 Å². The minimum Gasteiger partial charge on any atom is -0.369 e. The van der Waals surface area contributed by atoms with Gasteiger partial charge in [0.05, 0.1) is 5.69 Å². The smallest absolute Gasteiger partial charge is 0.258 e. The molecule has 0 radical (unpaired) electrons. The third kappa shape index (κ3) is 6.82. The van der Waals surface area contributed by atoms with E-state index in [9.17, 15) is 19.2 Å². The van der Waals surface area contributed by atoms with Crippen molar-refractivity contribution in [1.29, 1.82) is 0 Å². The number of unbranched alkanes of at least 4 members (excludes halogenated alkanes) is 1. The Morgan fingerprint density at radius 1 is 0.812 bits per heavy atom. The van der Waals surface area contributed by atoms with Crippen molar-refractivity contribution in [2.24, 2.45) is 23.5 Å². The number of nitrogens with two attached hydrogens (primary N) is 1. The van der Waals surface area contributed by atoms with Crippen molar-refractivity contribution in [2.75, 3.05) is 4.90 Å². The molecule has 0 saturated heterocycles. The Balaban J connectivity index is 1.42. The van der Waals surface area contributed by atoms with Gasteiger partial charge in [-0.05, 0) is 48.1 Å². The number of hydrogen-bond acceptors (Lipinski definition) is 4. The lowest BCUT2D eigenvalue weighted by atomic mass is 9.79. The summed E-state index contributed by atoms with van der Waals surface area (Å²) < 4.78 is 0. The van der Waals surface area contributed by atoms with E-state index in [1.54, 1.807) is 35.2 Å². The molecular formula is C41H43N3O4. The van der Waals surface area contributed by atoms with E-state index < -0.39 is 23.8 Å². The molecular weight excluding hydrogens is 598 g/mol. The lowest BCUT2D eigenvalue weighted by molar-refractivity contribution is -0.136. The van der Waals surface area contributed by atoms with Gasteiger partial charge < -0.3 is 11.1 Å². The van der Waals surface area contributed by atoms with Crippen molar-refractivity contribution in [3.63, 3.8) is 0 Å². The van der Waals surface area contributed by atoms with Gasteiger partial charge in [-0.15, -0.1) is 0 Å². The molecule has 246 valence electrons. The molecule has 0 bridgehead atoms. The molecule has 2 aliphatic rings. The summed E-state index contributed by atoms with van der Waals surface area (Å²) in [5.41, 5.74) is 10.5. The van der Waals surface area contributed by atoms with Crippen LogP contribution >= 0.6 is 0 Å². The molecule has 1 unspecified atom stereocenters. The predicted molar refractivity (Wildman–Crippen MR) is 188 cm³/mol. The van der Waals surface area contributed by atoms with Crippen LogP contribution in [-0.4, -0.2) is 23.5 Å². The molecule has 3 N–H and O–H groups in total. The SMILES string of the molecule is CCCC[C@H](C(N)=O)[C@@H](CC1CCCC1)C(=O)NC1C(=O)N(c2cccc(C(=O)c3ccccc3)c2)c2ccccc2-c2ccccc21. The summed E-state index contributed by atoms with van der Waals surface area (Å²) in [5, 5.41) is 3.14. The van der Waals surface area contributed by atoms with Crippen LogP contribution in [0.2, 0.25) is 0 Å². The average molecular weight is 642 g/mol. The Morgan fingerprint density at radius 3 is 2.21 bits per heavy atom. The normalized spacial score (nSPS) is 17.1. The van der Waals surface area contributed by atoms with Crippen LogP contribution in [0.3, 0.4) is 0 Å². The summed E-state index contributed by atoms with van der Waals surface area (Å²) in [4.78, 5) is 57.3. The highest BCUT2D eigenvalue weighted by molar-refractivity contribution is 6.13. The van der Waals surface area contributed by atoms with Crippen LogP contribution < -0.4 is 16.0 Å². The monoisotopic (exact) mass is 641 g/mol. The summed E-state index contributed by atoms with van der Waals surface area (Å²) in [6, 6.07) is 30.3. The molecule has 7 heteroatoms. The zero-order chi connectivity index (χ0) is 33.6. The summed E-state index contributed by atoms with van der Waals surface area (Å²) >= 11 is 0. The van der Waals surface area contributed by atoms with Crippen LogP contribution in [0.25, 0.3) is 11.1 Å². The van der Waals surface area contributed by atoms with E-state index in [0.717, 1.165) is 49.7 Å². The second-order valence-electron chi connectivity index (χ2n) is 13.1. The third-order valence-electron chi connectivity index (χ3n) is 9.98. The van der Waals surface area contributed by atoms with E-state index in [-0.39, 0.29) is 17.6 Å². The maximum atomic E-state index is 14.9. The zero-order valence-electron chi connectivity index (χ0n) is 27.4. The Bertz CT molecular complexity index is 1800. The Morgan fingerprint density at radius 2 is 1.48 bits per heavy atom. The third-order valence-corrected chi connectivity index (χ3v) is 9.98. The number of benzene rings is 4.